The van der Waals surface area contributed by atoms with E-state index in [0.29, 0.717) is 5.92 Å². The number of ether oxygens (including phenoxy) is 1. The molecule has 1 saturated heterocycles. The fourth-order valence-electron chi connectivity index (χ4n) is 2.43. The van der Waals surface area contributed by atoms with E-state index in [4.69, 9.17) is 4.74 Å². The normalized spacial score (nSPS) is 27.2. The molecular weight excluding hydrogens is 202 g/mol. The Kier molecular flexibility index (Phi) is 3.53. The highest BCUT2D eigenvalue weighted by Crippen LogP contribution is 2.35. The molecular formula is C13H23NO2. The number of nitrogens with one attached hydrogen (secondary N) is 1. The lowest BCUT2D eigenvalue weighted by molar-refractivity contribution is -0.167. The van der Waals surface area contributed by atoms with Crippen molar-refractivity contribution in [3.05, 3.63) is 0 Å². The molecule has 1 atom stereocenters. The van der Waals surface area contributed by atoms with Crippen LogP contribution in [-0.2, 0) is 9.53 Å². The Bertz CT molecular complexity index is 253. The van der Waals surface area contributed by atoms with Gasteiger partial charge in [0.1, 0.15) is 6.10 Å². The quantitative estimate of drug-likeness (QED) is 0.748. The van der Waals surface area contributed by atoms with Crippen LogP contribution in [0.3, 0.4) is 0 Å². The maximum absolute atomic E-state index is 12.1. The Morgan fingerprint density at radius 1 is 1.25 bits per heavy atom. The van der Waals surface area contributed by atoms with E-state index in [9.17, 15) is 4.79 Å². The van der Waals surface area contributed by atoms with Crippen molar-refractivity contribution in [2.75, 3.05) is 13.1 Å². The molecule has 0 amide bonds. The van der Waals surface area contributed by atoms with Crippen LogP contribution in [-0.4, -0.2) is 25.2 Å². The van der Waals surface area contributed by atoms with Crippen LogP contribution in [0.15, 0.2) is 0 Å². The van der Waals surface area contributed by atoms with Crippen LogP contribution in [0.1, 0.15) is 46.0 Å². The minimum Gasteiger partial charge on any atom is -0.462 e. The molecule has 0 radical (unpaired) electrons. The highest BCUT2D eigenvalue weighted by atomic mass is 16.5. The summed E-state index contributed by atoms with van der Waals surface area (Å²) in [6.07, 6.45) is 5.85. The Hall–Kier alpha value is -0.570. The van der Waals surface area contributed by atoms with E-state index < -0.39 is 0 Å². The molecule has 3 heteroatoms. The Morgan fingerprint density at radius 2 is 2.00 bits per heavy atom. The molecule has 0 aromatic carbocycles. The van der Waals surface area contributed by atoms with Gasteiger partial charge in [-0.3, -0.25) is 4.79 Å². The van der Waals surface area contributed by atoms with E-state index in [1.54, 1.807) is 0 Å². The Balaban J connectivity index is 1.90. The lowest BCUT2D eigenvalue weighted by Gasteiger charge is -2.37. The third-order valence-electron chi connectivity index (χ3n) is 4.17. The van der Waals surface area contributed by atoms with E-state index in [1.165, 1.54) is 12.8 Å². The van der Waals surface area contributed by atoms with Crippen molar-refractivity contribution in [3.63, 3.8) is 0 Å². The average molecular weight is 225 g/mol. The van der Waals surface area contributed by atoms with Crippen LogP contribution in [0.25, 0.3) is 0 Å². The Labute approximate surface area is 97.9 Å². The fourth-order valence-corrected chi connectivity index (χ4v) is 2.43. The van der Waals surface area contributed by atoms with Gasteiger partial charge in [-0.25, -0.2) is 0 Å². The summed E-state index contributed by atoms with van der Waals surface area (Å²) in [5.74, 6) is 0.430. The second kappa shape index (κ2) is 4.74. The molecule has 92 valence electrons. The molecule has 1 aliphatic carbocycles. The zero-order valence-electron chi connectivity index (χ0n) is 10.4. The second-order valence-electron chi connectivity index (χ2n) is 5.72. The topological polar surface area (TPSA) is 38.3 Å². The monoisotopic (exact) mass is 225 g/mol. The van der Waals surface area contributed by atoms with Crippen molar-refractivity contribution in [3.8, 4) is 0 Å². The predicted molar refractivity (Wildman–Crippen MR) is 63.1 cm³/mol. The molecule has 0 aromatic rings. The van der Waals surface area contributed by atoms with E-state index >= 15 is 0 Å². The molecule has 16 heavy (non-hydrogen) atoms. The smallest absolute Gasteiger partial charge is 0.312 e. The lowest BCUT2D eigenvalue weighted by Crippen LogP contribution is -2.44. The van der Waals surface area contributed by atoms with Gasteiger partial charge in [0, 0.05) is 0 Å². The number of piperidine rings is 1. The number of rotatable bonds is 3. The fraction of sp³-hybridized carbons (Fsp3) is 0.923. The van der Waals surface area contributed by atoms with Crippen molar-refractivity contribution in [2.45, 2.75) is 52.1 Å². The summed E-state index contributed by atoms with van der Waals surface area (Å²) >= 11 is 0. The molecule has 2 aliphatic rings. The summed E-state index contributed by atoms with van der Waals surface area (Å²) in [6, 6.07) is 0. The SMILES string of the molecule is CC(C)(C(=O)OC1CCC1)C1CCCNC1. The molecule has 1 saturated carbocycles. The van der Waals surface area contributed by atoms with Crippen molar-refractivity contribution in [2.24, 2.45) is 11.3 Å². The first-order valence-electron chi connectivity index (χ1n) is 6.52. The van der Waals surface area contributed by atoms with Crippen LogP contribution in [0.4, 0.5) is 0 Å². The van der Waals surface area contributed by atoms with E-state index in [1.807, 2.05) is 13.8 Å². The maximum Gasteiger partial charge on any atom is 0.312 e. The number of hydrogen-bond donors (Lipinski definition) is 1. The van der Waals surface area contributed by atoms with Gasteiger partial charge in [-0.1, -0.05) is 0 Å². The van der Waals surface area contributed by atoms with E-state index in [2.05, 4.69) is 5.32 Å². The first-order valence-corrected chi connectivity index (χ1v) is 6.52. The second-order valence-corrected chi connectivity index (χ2v) is 5.72. The summed E-state index contributed by atoms with van der Waals surface area (Å²) in [6.45, 7) is 6.11. The molecule has 1 unspecified atom stereocenters. The van der Waals surface area contributed by atoms with Crippen molar-refractivity contribution < 1.29 is 9.53 Å². The first-order chi connectivity index (χ1) is 7.60. The third kappa shape index (κ3) is 2.40. The summed E-state index contributed by atoms with van der Waals surface area (Å²) in [7, 11) is 0. The standard InChI is InChI=1S/C13H23NO2/c1-13(2,10-5-4-8-14-9-10)12(15)16-11-6-3-7-11/h10-11,14H,3-9H2,1-2H3. The summed E-state index contributed by atoms with van der Waals surface area (Å²) in [5, 5.41) is 3.37. The van der Waals surface area contributed by atoms with Gasteiger partial charge in [0.15, 0.2) is 0 Å². The van der Waals surface area contributed by atoms with Crippen LogP contribution in [0, 0.1) is 11.3 Å². The molecule has 3 nitrogen and oxygen atoms in total. The molecule has 1 heterocycles. The third-order valence-corrected chi connectivity index (χ3v) is 4.17. The van der Waals surface area contributed by atoms with Gasteiger partial charge in [-0.15, -0.1) is 0 Å². The van der Waals surface area contributed by atoms with Gasteiger partial charge < -0.3 is 10.1 Å². The molecule has 0 spiro atoms. The minimum absolute atomic E-state index is 0.00546. The van der Waals surface area contributed by atoms with Crippen LogP contribution >= 0.6 is 0 Å². The van der Waals surface area contributed by atoms with Gasteiger partial charge in [0.2, 0.25) is 0 Å². The first kappa shape index (κ1) is 11.9. The zero-order valence-corrected chi connectivity index (χ0v) is 10.4. The predicted octanol–water partition coefficient (Wildman–Crippen LogP) is 2.11. The van der Waals surface area contributed by atoms with Gasteiger partial charge >= 0.3 is 5.97 Å². The number of carbonyl (C=O) groups is 1. The lowest BCUT2D eigenvalue weighted by atomic mass is 9.75. The van der Waals surface area contributed by atoms with E-state index in [0.717, 1.165) is 32.4 Å². The van der Waals surface area contributed by atoms with Crippen LogP contribution in [0.2, 0.25) is 0 Å². The van der Waals surface area contributed by atoms with E-state index in [-0.39, 0.29) is 17.5 Å². The highest BCUT2D eigenvalue weighted by Gasteiger charge is 2.40. The summed E-state index contributed by atoms with van der Waals surface area (Å²) < 4.78 is 5.54. The number of hydrogen-bond acceptors (Lipinski definition) is 3. The molecule has 0 aromatic heterocycles. The van der Waals surface area contributed by atoms with Gasteiger partial charge in [-0.2, -0.15) is 0 Å². The van der Waals surface area contributed by atoms with Gasteiger partial charge in [0.25, 0.3) is 0 Å². The Morgan fingerprint density at radius 3 is 2.50 bits per heavy atom. The molecule has 2 rings (SSSR count). The van der Waals surface area contributed by atoms with Crippen LogP contribution < -0.4 is 5.32 Å². The number of carbonyl (C=O) groups excluding carboxylic acids is 1. The molecule has 0 bridgehead atoms. The minimum atomic E-state index is -0.330. The highest BCUT2D eigenvalue weighted by molar-refractivity contribution is 5.76. The van der Waals surface area contributed by atoms with Crippen LogP contribution in [0.5, 0.6) is 0 Å². The average Bonchev–Trinajstić information content (AvgIpc) is 2.24. The molecule has 2 fully saturated rings. The van der Waals surface area contributed by atoms with Gasteiger partial charge in [0.05, 0.1) is 5.41 Å². The molecule has 1 aliphatic heterocycles. The van der Waals surface area contributed by atoms with Crippen molar-refractivity contribution in [1.29, 1.82) is 0 Å². The maximum atomic E-state index is 12.1. The number of esters is 1. The molecule has 1 N–H and O–H groups in total. The summed E-state index contributed by atoms with van der Waals surface area (Å²) in [5.41, 5.74) is -0.330. The largest absolute Gasteiger partial charge is 0.462 e. The van der Waals surface area contributed by atoms with Crippen molar-refractivity contribution in [1.82, 2.24) is 5.32 Å². The van der Waals surface area contributed by atoms with Gasteiger partial charge in [-0.05, 0) is 65.0 Å². The van der Waals surface area contributed by atoms with Crippen molar-refractivity contribution >= 4 is 5.97 Å². The summed E-state index contributed by atoms with van der Waals surface area (Å²) in [4.78, 5) is 12.1. The zero-order chi connectivity index (χ0) is 11.6.